The van der Waals surface area contributed by atoms with Gasteiger partial charge in [0.05, 0.1) is 0 Å². The molecule has 54 valence electrons. The Kier molecular flexibility index (Phi) is 3.24. The summed E-state index contributed by atoms with van der Waals surface area (Å²) < 4.78 is 0. The predicted molar refractivity (Wildman–Crippen MR) is 35.1 cm³/mol. The van der Waals surface area contributed by atoms with E-state index < -0.39 is 5.97 Å². The van der Waals surface area contributed by atoms with Gasteiger partial charge in [0.25, 0.3) is 0 Å². The Labute approximate surface area is 54.9 Å². The molecular weight excluding hydrogens is 118 g/mol. The van der Waals surface area contributed by atoms with Crippen LogP contribution in [-0.4, -0.2) is 17.1 Å². The van der Waals surface area contributed by atoms with E-state index in [-0.39, 0.29) is 18.4 Å². The van der Waals surface area contributed by atoms with E-state index in [1.54, 1.807) is 0 Å². The largest absolute Gasteiger partial charge is 0.481 e. The summed E-state index contributed by atoms with van der Waals surface area (Å²) in [6, 6.07) is -0.0268. The molecule has 0 saturated carbocycles. The van der Waals surface area contributed by atoms with Crippen molar-refractivity contribution in [1.82, 2.24) is 0 Å². The third-order valence-electron chi connectivity index (χ3n) is 1.39. The van der Waals surface area contributed by atoms with Crippen molar-refractivity contribution in [3.05, 3.63) is 0 Å². The highest BCUT2D eigenvalue weighted by Gasteiger charge is 2.10. The summed E-state index contributed by atoms with van der Waals surface area (Å²) in [4.78, 5) is 10.1. The number of carboxylic acids is 1. The summed E-state index contributed by atoms with van der Waals surface area (Å²) >= 11 is 0. The molecule has 0 aliphatic rings. The van der Waals surface area contributed by atoms with Gasteiger partial charge >= 0.3 is 5.97 Å². The molecule has 0 aromatic carbocycles. The molecule has 0 rings (SSSR count). The van der Waals surface area contributed by atoms with E-state index in [9.17, 15) is 4.79 Å². The number of hydrogen-bond donors (Lipinski definition) is 2. The second-order valence-electron chi connectivity index (χ2n) is 2.43. The lowest BCUT2D eigenvalue weighted by atomic mass is 10.0. The van der Waals surface area contributed by atoms with Gasteiger partial charge in [-0.3, -0.25) is 4.79 Å². The van der Waals surface area contributed by atoms with E-state index >= 15 is 0 Å². The number of rotatable bonds is 3. The van der Waals surface area contributed by atoms with Gasteiger partial charge in [-0.1, -0.05) is 6.92 Å². The van der Waals surface area contributed by atoms with Crippen molar-refractivity contribution in [3.8, 4) is 0 Å². The molecule has 0 spiro atoms. The van der Waals surface area contributed by atoms with Crippen molar-refractivity contribution in [2.24, 2.45) is 11.7 Å². The Morgan fingerprint density at radius 1 is 1.67 bits per heavy atom. The minimum atomic E-state index is -0.778. The minimum absolute atomic E-state index is 0.0268. The zero-order valence-electron chi connectivity index (χ0n) is 5.79. The molecule has 0 aromatic heterocycles. The summed E-state index contributed by atoms with van der Waals surface area (Å²) in [5.41, 5.74) is 5.42. The van der Waals surface area contributed by atoms with Crippen molar-refractivity contribution in [3.63, 3.8) is 0 Å². The Morgan fingerprint density at radius 3 is 2.22 bits per heavy atom. The molecule has 3 nitrogen and oxygen atoms in total. The van der Waals surface area contributed by atoms with E-state index in [2.05, 4.69) is 0 Å². The molecule has 0 aliphatic heterocycles. The smallest absolute Gasteiger partial charge is 0.303 e. The fraction of sp³-hybridized carbons (Fsp3) is 0.833. The molecule has 0 aliphatic carbocycles. The second-order valence-corrected chi connectivity index (χ2v) is 2.43. The summed E-state index contributed by atoms with van der Waals surface area (Å²) in [5.74, 6) is -0.706. The molecule has 0 heterocycles. The van der Waals surface area contributed by atoms with Crippen LogP contribution in [0.5, 0.6) is 0 Å². The molecule has 0 amide bonds. The van der Waals surface area contributed by atoms with Crippen molar-refractivity contribution >= 4 is 5.97 Å². The SMILES string of the molecule is CC(N)C(C)CC(=O)O. The molecule has 0 saturated heterocycles. The Bertz CT molecular complexity index is 101. The molecule has 3 heteroatoms. The molecule has 0 fully saturated rings. The van der Waals surface area contributed by atoms with E-state index in [0.717, 1.165) is 0 Å². The topological polar surface area (TPSA) is 63.3 Å². The average molecular weight is 131 g/mol. The molecule has 2 atom stereocenters. The molecule has 0 bridgehead atoms. The maximum absolute atomic E-state index is 10.1. The number of carbonyl (C=O) groups is 1. The van der Waals surface area contributed by atoms with Gasteiger partial charge in [0.15, 0.2) is 0 Å². The fourth-order valence-electron chi connectivity index (χ4n) is 0.461. The summed E-state index contributed by atoms with van der Waals surface area (Å²) in [6.07, 6.45) is 0.164. The second kappa shape index (κ2) is 3.45. The summed E-state index contributed by atoms with van der Waals surface area (Å²) in [6.45, 7) is 3.65. The third-order valence-corrected chi connectivity index (χ3v) is 1.39. The van der Waals surface area contributed by atoms with Gasteiger partial charge in [0, 0.05) is 12.5 Å². The van der Waals surface area contributed by atoms with Gasteiger partial charge in [-0.05, 0) is 12.8 Å². The van der Waals surface area contributed by atoms with Crippen LogP contribution in [0.25, 0.3) is 0 Å². The van der Waals surface area contributed by atoms with Gasteiger partial charge in [-0.2, -0.15) is 0 Å². The van der Waals surface area contributed by atoms with Crippen molar-refractivity contribution < 1.29 is 9.90 Å². The first-order valence-corrected chi connectivity index (χ1v) is 3.01. The lowest BCUT2D eigenvalue weighted by Crippen LogP contribution is -2.26. The van der Waals surface area contributed by atoms with Crippen LogP contribution >= 0.6 is 0 Å². The predicted octanol–water partition coefficient (Wildman–Crippen LogP) is 0.444. The van der Waals surface area contributed by atoms with Crippen LogP contribution < -0.4 is 5.73 Å². The fourth-order valence-corrected chi connectivity index (χ4v) is 0.461. The van der Waals surface area contributed by atoms with Crippen molar-refractivity contribution in [2.45, 2.75) is 26.3 Å². The maximum atomic E-state index is 10.1. The van der Waals surface area contributed by atoms with E-state index in [4.69, 9.17) is 10.8 Å². The quantitative estimate of drug-likeness (QED) is 0.584. The van der Waals surface area contributed by atoms with Crippen molar-refractivity contribution in [2.75, 3.05) is 0 Å². The van der Waals surface area contributed by atoms with Gasteiger partial charge in [0.1, 0.15) is 0 Å². The lowest BCUT2D eigenvalue weighted by molar-refractivity contribution is -0.138. The van der Waals surface area contributed by atoms with Crippen LogP contribution in [-0.2, 0) is 4.79 Å². The summed E-state index contributed by atoms with van der Waals surface area (Å²) in [5, 5.41) is 8.28. The highest BCUT2D eigenvalue weighted by molar-refractivity contribution is 5.67. The van der Waals surface area contributed by atoms with Crippen LogP contribution in [0, 0.1) is 5.92 Å². The van der Waals surface area contributed by atoms with Crippen LogP contribution in [0.3, 0.4) is 0 Å². The zero-order chi connectivity index (χ0) is 7.44. The first-order chi connectivity index (χ1) is 4.04. The molecule has 9 heavy (non-hydrogen) atoms. The first-order valence-electron chi connectivity index (χ1n) is 3.01. The summed E-state index contributed by atoms with van der Waals surface area (Å²) in [7, 11) is 0. The first kappa shape index (κ1) is 8.43. The molecule has 0 aromatic rings. The van der Waals surface area contributed by atoms with E-state index in [1.165, 1.54) is 0 Å². The van der Waals surface area contributed by atoms with Gasteiger partial charge in [0.2, 0.25) is 0 Å². The number of nitrogens with two attached hydrogens (primary N) is 1. The highest BCUT2D eigenvalue weighted by Crippen LogP contribution is 2.04. The minimum Gasteiger partial charge on any atom is -0.481 e. The van der Waals surface area contributed by atoms with Gasteiger partial charge in [-0.25, -0.2) is 0 Å². The molecule has 2 unspecified atom stereocenters. The monoisotopic (exact) mass is 131 g/mol. The maximum Gasteiger partial charge on any atom is 0.303 e. The Hall–Kier alpha value is -0.570. The normalized spacial score (nSPS) is 16.8. The van der Waals surface area contributed by atoms with E-state index in [1.807, 2.05) is 13.8 Å². The number of hydrogen-bond acceptors (Lipinski definition) is 2. The lowest BCUT2D eigenvalue weighted by Gasteiger charge is -2.11. The Balaban J connectivity index is 3.50. The van der Waals surface area contributed by atoms with E-state index in [0.29, 0.717) is 0 Å². The molecule has 3 N–H and O–H groups in total. The molecule has 0 radical (unpaired) electrons. The standard InChI is InChI=1S/C6H13NO2/c1-4(5(2)7)3-6(8)9/h4-5H,3,7H2,1-2H3,(H,8,9). The molecular formula is C6H13NO2. The van der Waals surface area contributed by atoms with Crippen LogP contribution in [0.2, 0.25) is 0 Å². The third kappa shape index (κ3) is 3.97. The highest BCUT2D eigenvalue weighted by atomic mass is 16.4. The van der Waals surface area contributed by atoms with Crippen molar-refractivity contribution in [1.29, 1.82) is 0 Å². The zero-order valence-corrected chi connectivity index (χ0v) is 5.79. The van der Waals surface area contributed by atoms with Gasteiger partial charge in [-0.15, -0.1) is 0 Å². The number of aliphatic carboxylic acids is 1. The average Bonchev–Trinajstić information content (AvgIpc) is 1.63. The number of carboxylic acid groups (broad SMARTS) is 1. The van der Waals surface area contributed by atoms with Gasteiger partial charge < -0.3 is 10.8 Å². The van der Waals surface area contributed by atoms with Crippen LogP contribution in [0.4, 0.5) is 0 Å². The Morgan fingerprint density at radius 2 is 2.11 bits per heavy atom. The van der Waals surface area contributed by atoms with Crippen LogP contribution in [0.1, 0.15) is 20.3 Å². The van der Waals surface area contributed by atoms with Crippen LogP contribution in [0.15, 0.2) is 0 Å².